The summed E-state index contributed by atoms with van der Waals surface area (Å²) >= 11 is 6.42. The lowest BCUT2D eigenvalue weighted by Gasteiger charge is -2.06. The topological polar surface area (TPSA) is 94.5 Å². The van der Waals surface area contributed by atoms with E-state index in [2.05, 4.69) is 31.9 Å². The Labute approximate surface area is 178 Å². The van der Waals surface area contributed by atoms with E-state index in [0.717, 1.165) is 26.4 Å². The molecule has 0 aliphatic carbocycles. The number of hydrogen-bond acceptors (Lipinski definition) is 6. The normalized spacial score (nSPS) is 19.4. The SMILES string of the molecule is C(OCC1CO1)C1CO1.O=C(c1ccccc1)c1c(Br)cc([N+](=O)[O-])cc1Br. The van der Waals surface area contributed by atoms with Crippen LogP contribution >= 0.6 is 31.9 Å². The molecule has 9 heteroatoms. The van der Waals surface area contributed by atoms with Gasteiger partial charge in [-0.25, -0.2) is 0 Å². The zero-order valence-corrected chi connectivity index (χ0v) is 17.8. The number of carbonyl (C=O) groups excluding carboxylic acids is 1. The molecule has 4 rings (SSSR count). The van der Waals surface area contributed by atoms with Crippen LogP contribution in [0.25, 0.3) is 0 Å². The number of nitrogens with zero attached hydrogens (tertiary/aromatic N) is 1. The molecular formula is C19H17Br2NO6. The van der Waals surface area contributed by atoms with E-state index in [1.165, 1.54) is 12.1 Å². The Hall–Kier alpha value is -1.65. The number of epoxide rings is 2. The van der Waals surface area contributed by atoms with Gasteiger partial charge in [0.2, 0.25) is 0 Å². The van der Waals surface area contributed by atoms with Crippen molar-refractivity contribution in [2.75, 3.05) is 26.4 Å². The van der Waals surface area contributed by atoms with Crippen molar-refractivity contribution in [1.29, 1.82) is 0 Å². The molecule has 2 atom stereocenters. The van der Waals surface area contributed by atoms with Gasteiger partial charge in [-0.2, -0.15) is 0 Å². The van der Waals surface area contributed by atoms with Crippen LogP contribution < -0.4 is 0 Å². The average molecular weight is 515 g/mol. The fourth-order valence-electron chi connectivity index (χ4n) is 2.28. The van der Waals surface area contributed by atoms with Crippen molar-refractivity contribution in [2.24, 2.45) is 0 Å². The smallest absolute Gasteiger partial charge is 0.271 e. The second-order valence-electron chi connectivity index (χ2n) is 6.18. The average Bonchev–Trinajstić information content (AvgIpc) is 3.58. The second kappa shape index (κ2) is 9.71. The maximum atomic E-state index is 12.3. The Morgan fingerprint density at radius 1 is 1.07 bits per heavy atom. The lowest BCUT2D eigenvalue weighted by molar-refractivity contribution is -0.385. The zero-order valence-electron chi connectivity index (χ0n) is 14.7. The molecule has 0 radical (unpaired) electrons. The summed E-state index contributed by atoms with van der Waals surface area (Å²) in [4.78, 5) is 22.6. The largest absolute Gasteiger partial charge is 0.376 e. The lowest BCUT2D eigenvalue weighted by atomic mass is 10.0. The number of nitro groups is 1. The zero-order chi connectivity index (χ0) is 20.1. The molecular weight excluding hydrogens is 498 g/mol. The highest BCUT2D eigenvalue weighted by atomic mass is 79.9. The van der Waals surface area contributed by atoms with Crippen molar-refractivity contribution >= 4 is 43.3 Å². The van der Waals surface area contributed by atoms with Gasteiger partial charge in [0, 0.05) is 26.6 Å². The first-order valence-corrected chi connectivity index (χ1v) is 10.1. The van der Waals surface area contributed by atoms with Gasteiger partial charge in [0.25, 0.3) is 5.69 Å². The first kappa shape index (κ1) is 21.1. The number of ether oxygens (including phenoxy) is 3. The summed E-state index contributed by atoms with van der Waals surface area (Å²) in [6.45, 7) is 3.26. The Bertz CT molecular complexity index is 818. The fourth-order valence-corrected chi connectivity index (χ4v) is 3.80. The highest BCUT2D eigenvalue weighted by molar-refractivity contribution is 9.11. The third kappa shape index (κ3) is 6.18. The number of carbonyl (C=O) groups is 1. The third-order valence-electron chi connectivity index (χ3n) is 3.91. The van der Waals surface area contributed by atoms with Crippen LogP contribution in [0.15, 0.2) is 51.4 Å². The maximum absolute atomic E-state index is 12.3. The van der Waals surface area contributed by atoms with Gasteiger partial charge in [-0.1, -0.05) is 30.3 Å². The van der Waals surface area contributed by atoms with Gasteiger partial charge in [0.05, 0.1) is 36.9 Å². The summed E-state index contributed by atoms with van der Waals surface area (Å²) in [5.41, 5.74) is 0.818. The molecule has 2 heterocycles. The molecule has 0 aromatic heterocycles. The van der Waals surface area contributed by atoms with Crippen LogP contribution in [0.1, 0.15) is 15.9 Å². The Balaban J connectivity index is 0.000000206. The molecule has 0 N–H and O–H groups in total. The maximum Gasteiger partial charge on any atom is 0.271 e. The number of non-ortho nitro benzene ring substituents is 1. The van der Waals surface area contributed by atoms with Crippen molar-refractivity contribution in [3.63, 3.8) is 0 Å². The van der Waals surface area contributed by atoms with Crippen molar-refractivity contribution < 1.29 is 23.9 Å². The van der Waals surface area contributed by atoms with E-state index >= 15 is 0 Å². The molecule has 7 nitrogen and oxygen atoms in total. The van der Waals surface area contributed by atoms with Crippen molar-refractivity contribution in [1.82, 2.24) is 0 Å². The lowest BCUT2D eigenvalue weighted by Crippen LogP contribution is -2.06. The summed E-state index contributed by atoms with van der Waals surface area (Å²) in [6, 6.07) is 11.4. The molecule has 2 saturated heterocycles. The first-order chi connectivity index (χ1) is 13.5. The van der Waals surface area contributed by atoms with E-state index in [0.29, 0.717) is 32.3 Å². The molecule has 0 bridgehead atoms. The Kier molecular flexibility index (Phi) is 7.30. The third-order valence-corrected chi connectivity index (χ3v) is 5.16. The van der Waals surface area contributed by atoms with Crippen LogP contribution in [0.2, 0.25) is 0 Å². The molecule has 0 saturated carbocycles. The van der Waals surface area contributed by atoms with Crippen molar-refractivity contribution in [3.05, 3.63) is 72.7 Å². The molecule has 148 valence electrons. The van der Waals surface area contributed by atoms with E-state index in [9.17, 15) is 14.9 Å². The minimum absolute atomic E-state index is 0.0802. The number of nitro benzene ring substituents is 1. The van der Waals surface area contributed by atoms with E-state index in [1.54, 1.807) is 24.3 Å². The number of ketones is 1. The van der Waals surface area contributed by atoms with Gasteiger partial charge in [-0.3, -0.25) is 14.9 Å². The Morgan fingerprint density at radius 2 is 1.57 bits per heavy atom. The summed E-state index contributed by atoms with van der Waals surface area (Å²) in [6.07, 6.45) is 0.785. The highest BCUT2D eigenvalue weighted by Gasteiger charge is 2.26. The number of halogens is 2. The summed E-state index contributed by atoms with van der Waals surface area (Å²) < 4.78 is 15.9. The number of rotatable bonds is 7. The Morgan fingerprint density at radius 3 is 2.00 bits per heavy atom. The van der Waals surface area contributed by atoms with Crippen LogP contribution in [-0.2, 0) is 14.2 Å². The molecule has 28 heavy (non-hydrogen) atoms. The van der Waals surface area contributed by atoms with Crippen LogP contribution in [0, 0.1) is 10.1 Å². The predicted octanol–water partition coefficient (Wildman–Crippen LogP) is 4.15. The van der Waals surface area contributed by atoms with E-state index in [1.807, 2.05) is 6.07 Å². The molecule has 2 aliphatic rings. The van der Waals surface area contributed by atoms with Gasteiger partial charge >= 0.3 is 0 Å². The van der Waals surface area contributed by atoms with E-state index < -0.39 is 4.92 Å². The highest BCUT2D eigenvalue weighted by Crippen LogP contribution is 2.32. The standard InChI is InChI=1S/C13H7Br2NO3.C6H10O3/c14-10-6-9(16(18)19)7-11(15)12(10)13(17)8-4-2-1-3-5-8;1(5-3-8-5)7-2-6-4-9-6/h1-7H;5-6H,1-4H2. The number of benzene rings is 2. The van der Waals surface area contributed by atoms with Crippen LogP contribution in [0.3, 0.4) is 0 Å². The molecule has 0 spiro atoms. The van der Waals surface area contributed by atoms with Crippen LogP contribution in [0.4, 0.5) is 5.69 Å². The molecule has 2 aromatic carbocycles. The summed E-state index contributed by atoms with van der Waals surface area (Å²) in [5, 5.41) is 10.7. The first-order valence-electron chi connectivity index (χ1n) is 8.50. The quantitative estimate of drug-likeness (QED) is 0.238. The predicted molar refractivity (Wildman–Crippen MR) is 109 cm³/mol. The van der Waals surface area contributed by atoms with Crippen molar-refractivity contribution in [2.45, 2.75) is 12.2 Å². The minimum atomic E-state index is -0.508. The van der Waals surface area contributed by atoms with Crippen LogP contribution in [-0.4, -0.2) is 49.3 Å². The summed E-state index contributed by atoms with van der Waals surface area (Å²) in [7, 11) is 0. The monoisotopic (exact) mass is 513 g/mol. The fraction of sp³-hybridized carbons (Fsp3) is 0.316. The minimum Gasteiger partial charge on any atom is -0.376 e. The molecule has 2 aromatic rings. The number of hydrogen-bond donors (Lipinski definition) is 0. The van der Waals surface area contributed by atoms with Gasteiger partial charge in [0.15, 0.2) is 5.78 Å². The van der Waals surface area contributed by atoms with Crippen LogP contribution in [0.5, 0.6) is 0 Å². The van der Waals surface area contributed by atoms with Gasteiger partial charge in [-0.15, -0.1) is 0 Å². The van der Waals surface area contributed by atoms with E-state index in [-0.39, 0.29) is 11.5 Å². The molecule has 2 unspecified atom stereocenters. The van der Waals surface area contributed by atoms with Gasteiger partial charge in [-0.05, 0) is 31.9 Å². The summed E-state index contributed by atoms with van der Waals surface area (Å²) in [5.74, 6) is -0.200. The van der Waals surface area contributed by atoms with E-state index in [4.69, 9.17) is 14.2 Å². The van der Waals surface area contributed by atoms with Gasteiger partial charge < -0.3 is 14.2 Å². The second-order valence-corrected chi connectivity index (χ2v) is 7.89. The molecule has 2 fully saturated rings. The van der Waals surface area contributed by atoms with Gasteiger partial charge in [0.1, 0.15) is 12.2 Å². The molecule has 0 amide bonds. The van der Waals surface area contributed by atoms with Crippen molar-refractivity contribution in [3.8, 4) is 0 Å². The molecule has 2 aliphatic heterocycles.